The molecule has 0 atom stereocenters. The number of likely N-dealkylation sites (tertiary alicyclic amines) is 1. The number of hydrogen-bond acceptors (Lipinski definition) is 4. The number of hydrogen-bond donors (Lipinski definition) is 1. The Hall–Kier alpha value is -2.83. The predicted molar refractivity (Wildman–Crippen MR) is 143 cm³/mol. The van der Waals surface area contributed by atoms with Gasteiger partial charge in [-0.25, -0.2) is 0 Å². The van der Waals surface area contributed by atoms with Gasteiger partial charge in [-0.3, -0.25) is 4.79 Å². The molecule has 182 valence electrons. The fraction of sp³-hybridized carbons (Fsp3) is 0.414. The number of ether oxygens (including phenoxy) is 1. The van der Waals surface area contributed by atoms with Gasteiger partial charge in [0.05, 0.1) is 17.7 Å². The number of nitrogens with zero attached hydrogens (tertiary/aromatic N) is 2. The zero-order valence-corrected chi connectivity index (χ0v) is 21.1. The first-order valence-corrected chi connectivity index (χ1v) is 13.6. The highest BCUT2D eigenvalue weighted by Gasteiger charge is 2.27. The third-order valence-electron chi connectivity index (χ3n) is 7.51. The number of amides is 1. The molecule has 1 aliphatic carbocycles. The van der Waals surface area contributed by atoms with Gasteiger partial charge in [0.1, 0.15) is 5.75 Å². The SMILES string of the molecule is COc1cc(C(=O)N2CCCCC2)cc2sc(-c3cc4ccccc4n3CC3CC3)c(CCO)c12. The third kappa shape index (κ3) is 4.13. The second kappa shape index (κ2) is 9.32. The summed E-state index contributed by atoms with van der Waals surface area (Å²) < 4.78 is 9.36. The minimum Gasteiger partial charge on any atom is -0.496 e. The highest BCUT2D eigenvalue weighted by atomic mass is 32.1. The molecule has 35 heavy (non-hydrogen) atoms. The summed E-state index contributed by atoms with van der Waals surface area (Å²) in [6.07, 6.45) is 6.46. The molecule has 1 N–H and O–H groups in total. The lowest BCUT2D eigenvalue weighted by atomic mass is 10.0. The van der Waals surface area contributed by atoms with Crippen molar-refractivity contribution < 1.29 is 14.6 Å². The van der Waals surface area contributed by atoms with Crippen LogP contribution in [0.3, 0.4) is 0 Å². The normalized spacial score (nSPS) is 16.3. The number of piperidine rings is 1. The van der Waals surface area contributed by atoms with Gasteiger partial charge >= 0.3 is 0 Å². The van der Waals surface area contributed by atoms with Crippen LogP contribution in [-0.4, -0.2) is 47.3 Å². The maximum absolute atomic E-state index is 13.3. The molecular weight excluding hydrogens is 456 g/mol. The number of para-hydroxylation sites is 1. The summed E-state index contributed by atoms with van der Waals surface area (Å²) in [6, 6.07) is 14.8. The Morgan fingerprint density at radius 1 is 1.11 bits per heavy atom. The first kappa shape index (κ1) is 22.6. The maximum atomic E-state index is 13.3. The van der Waals surface area contributed by atoms with Gasteiger partial charge in [-0.1, -0.05) is 18.2 Å². The first-order chi connectivity index (χ1) is 17.2. The smallest absolute Gasteiger partial charge is 0.254 e. The lowest BCUT2D eigenvalue weighted by molar-refractivity contribution is 0.0724. The summed E-state index contributed by atoms with van der Waals surface area (Å²) in [6.45, 7) is 2.74. The van der Waals surface area contributed by atoms with Gasteiger partial charge in [0.25, 0.3) is 5.91 Å². The van der Waals surface area contributed by atoms with E-state index in [0.717, 1.165) is 59.8 Å². The monoisotopic (exact) mass is 488 g/mol. The van der Waals surface area contributed by atoms with Crippen LogP contribution in [0.15, 0.2) is 42.5 Å². The van der Waals surface area contributed by atoms with E-state index in [4.69, 9.17) is 4.74 Å². The number of fused-ring (bicyclic) bond motifs is 2. The standard InChI is InChI=1S/C29H32N2O3S/c1-34-25-16-21(29(33)30-12-5-2-6-13-30)17-26-27(25)22(11-14-32)28(35-26)24-15-20-7-3-4-8-23(20)31(24)18-19-9-10-19/h3-4,7-8,15-17,19,32H,2,5-6,9-14,18H2,1H3. The largest absolute Gasteiger partial charge is 0.496 e. The molecule has 0 radical (unpaired) electrons. The van der Waals surface area contributed by atoms with Crippen molar-refractivity contribution in [2.24, 2.45) is 5.92 Å². The molecule has 2 aromatic heterocycles. The quantitative estimate of drug-likeness (QED) is 0.342. The van der Waals surface area contributed by atoms with Crippen LogP contribution in [-0.2, 0) is 13.0 Å². The summed E-state index contributed by atoms with van der Waals surface area (Å²) in [5.41, 5.74) is 4.27. The zero-order valence-electron chi connectivity index (χ0n) is 20.3. The van der Waals surface area contributed by atoms with E-state index in [1.807, 2.05) is 17.0 Å². The van der Waals surface area contributed by atoms with E-state index in [-0.39, 0.29) is 12.5 Å². The summed E-state index contributed by atoms with van der Waals surface area (Å²) >= 11 is 1.72. The van der Waals surface area contributed by atoms with Crippen LogP contribution >= 0.6 is 11.3 Å². The molecule has 2 fully saturated rings. The van der Waals surface area contributed by atoms with E-state index in [1.54, 1.807) is 18.4 Å². The molecule has 6 heteroatoms. The summed E-state index contributed by atoms with van der Waals surface area (Å²) in [4.78, 5) is 16.5. The number of carbonyl (C=O) groups excluding carboxylic acids is 1. The van der Waals surface area contributed by atoms with Crippen LogP contribution in [0.2, 0.25) is 0 Å². The average Bonchev–Trinajstić information content (AvgIpc) is 3.55. The molecule has 2 aliphatic rings. The van der Waals surface area contributed by atoms with Crippen molar-refractivity contribution in [1.29, 1.82) is 0 Å². The molecule has 0 bridgehead atoms. The number of rotatable bonds is 7. The van der Waals surface area contributed by atoms with Crippen LogP contribution in [0.5, 0.6) is 5.75 Å². The lowest BCUT2D eigenvalue weighted by Crippen LogP contribution is -2.35. The van der Waals surface area contributed by atoms with E-state index in [9.17, 15) is 9.90 Å². The molecule has 1 aliphatic heterocycles. The van der Waals surface area contributed by atoms with Crippen LogP contribution in [0.4, 0.5) is 0 Å². The predicted octanol–water partition coefficient (Wildman–Crippen LogP) is 6.10. The number of carbonyl (C=O) groups is 1. The molecule has 1 saturated carbocycles. The topological polar surface area (TPSA) is 54.7 Å². The molecule has 0 spiro atoms. The van der Waals surface area contributed by atoms with Crippen molar-refractivity contribution in [3.05, 3.63) is 53.6 Å². The van der Waals surface area contributed by atoms with Crippen LogP contribution < -0.4 is 4.74 Å². The Labute approximate surface area is 209 Å². The van der Waals surface area contributed by atoms with Gasteiger partial charge in [-0.15, -0.1) is 11.3 Å². The van der Waals surface area contributed by atoms with Crippen molar-refractivity contribution in [1.82, 2.24) is 9.47 Å². The minimum absolute atomic E-state index is 0.0688. The van der Waals surface area contributed by atoms with Crippen LogP contribution in [0.25, 0.3) is 31.6 Å². The Bertz CT molecular complexity index is 1390. The molecule has 1 amide bonds. The van der Waals surface area contributed by atoms with Crippen molar-refractivity contribution in [2.75, 3.05) is 26.8 Å². The molecule has 2 aromatic carbocycles. The lowest BCUT2D eigenvalue weighted by Gasteiger charge is -2.27. The summed E-state index contributed by atoms with van der Waals surface area (Å²) in [5.74, 6) is 1.55. The third-order valence-corrected chi connectivity index (χ3v) is 8.71. The Morgan fingerprint density at radius 2 is 1.91 bits per heavy atom. The van der Waals surface area contributed by atoms with Gasteiger partial charge in [-0.2, -0.15) is 0 Å². The Morgan fingerprint density at radius 3 is 2.66 bits per heavy atom. The van der Waals surface area contributed by atoms with E-state index in [2.05, 4.69) is 34.9 Å². The van der Waals surface area contributed by atoms with Crippen molar-refractivity contribution >= 4 is 38.2 Å². The van der Waals surface area contributed by atoms with Gasteiger partial charge in [-0.05, 0) is 74.3 Å². The van der Waals surface area contributed by atoms with Gasteiger partial charge in [0.15, 0.2) is 0 Å². The summed E-state index contributed by atoms with van der Waals surface area (Å²) in [7, 11) is 1.67. The first-order valence-electron chi connectivity index (χ1n) is 12.8. The molecule has 1 saturated heterocycles. The van der Waals surface area contributed by atoms with E-state index in [0.29, 0.717) is 12.0 Å². The minimum atomic E-state index is 0.0688. The van der Waals surface area contributed by atoms with Gasteiger partial charge < -0.3 is 19.3 Å². The number of aliphatic hydroxyl groups excluding tert-OH is 1. The van der Waals surface area contributed by atoms with Crippen molar-refractivity contribution in [2.45, 2.75) is 45.1 Å². The number of aliphatic hydroxyl groups is 1. The highest BCUT2D eigenvalue weighted by molar-refractivity contribution is 7.22. The van der Waals surface area contributed by atoms with E-state index >= 15 is 0 Å². The second-order valence-electron chi connectivity index (χ2n) is 9.93. The van der Waals surface area contributed by atoms with Crippen molar-refractivity contribution in [3.63, 3.8) is 0 Å². The molecule has 6 rings (SSSR count). The van der Waals surface area contributed by atoms with Crippen LogP contribution in [0.1, 0.15) is 48.0 Å². The fourth-order valence-corrected chi connectivity index (χ4v) is 6.86. The van der Waals surface area contributed by atoms with Gasteiger partial charge in [0, 0.05) is 52.8 Å². The van der Waals surface area contributed by atoms with E-state index < -0.39 is 0 Å². The van der Waals surface area contributed by atoms with Crippen molar-refractivity contribution in [3.8, 4) is 16.3 Å². The Kier molecular flexibility index (Phi) is 6.02. The average molecular weight is 489 g/mol. The number of thiophene rings is 1. The highest BCUT2D eigenvalue weighted by Crippen LogP contribution is 2.46. The fourth-order valence-electron chi connectivity index (χ4n) is 5.53. The number of benzene rings is 2. The summed E-state index contributed by atoms with van der Waals surface area (Å²) in [5, 5.41) is 12.3. The maximum Gasteiger partial charge on any atom is 0.254 e. The molecule has 0 unspecified atom stereocenters. The zero-order chi connectivity index (χ0) is 23.9. The second-order valence-corrected chi connectivity index (χ2v) is 11.0. The Balaban J connectivity index is 1.53. The van der Waals surface area contributed by atoms with E-state index in [1.165, 1.54) is 40.7 Å². The molecule has 5 nitrogen and oxygen atoms in total. The molecule has 3 heterocycles. The number of methoxy groups -OCH3 is 1. The van der Waals surface area contributed by atoms with Crippen LogP contribution in [0, 0.1) is 5.92 Å². The number of aromatic nitrogens is 1. The van der Waals surface area contributed by atoms with Gasteiger partial charge in [0.2, 0.25) is 0 Å². The molecule has 4 aromatic rings. The molecular formula is C29H32N2O3S.